The van der Waals surface area contributed by atoms with E-state index in [-0.39, 0.29) is 40.4 Å². The minimum Gasteiger partial charge on any atom is -0.481 e. The topological polar surface area (TPSA) is 177 Å². The molecule has 0 aromatic rings. The predicted molar refractivity (Wildman–Crippen MR) is 170 cm³/mol. The predicted octanol–water partition coefficient (Wildman–Crippen LogP) is 3.25. The third-order valence-electron chi connectivity index (χ3n) is 14.3. The summed E-state index contributed by atoms with van der Waals surface area (Å²) in [6.07, 6.45) is -3.07. The zero-order chi connectivity index (χ0) is 34.1. The summed E-state index contributed by atoms with van der Waals surface area (Å²) >= 11 is 0. The van der Waals surface area contributed by atoms with Crippen LogP contribution >= 0.6 is 0 Å². The number of aliphatic hydroxyl groups is 6. The van der Waals surface area contributed by atoms with Gasteiger partial charge in [-0.2, -0.15) is 0 Å². The second-order valence-electron chi connectivity index (χ2n) is 16.6. The highest BCUT2D eigenvalue weighted by Gasteiger charge is 2.64. The zero-order valence-electron chi connectivity index (χ0n) is 28.8. The first-order chi connectivity index (χ1) is 21.4. The number of hydrogen-bond donors (Lipinski definition) is 7. The largest absolute Gasteiger partial charge is 0.481 e. The lowest BCUT2D eigenvalue weighted by Crippen LogP contribution is -2.63. The Bertz CT molecular complexity index is 1160. The maximum Gasteiger partial charge on any atom is 0.312 e. The summed E-state index contributed by atoms with van der Waals surface area (Å²) in [5.41, 5.74) is 1.23. The second-order valence-corrected chi connectivity index (χ2v) is 16.6. The summed E-state index contributed by atoms with van der Waals surface area (Å²) in [7, 11) is 0. The molecule has 16 unspecified atom stereocenters. The standard InChI is InChI=1S/C36H60O10/c1-17(2)18(3)27(38)28(39)19(4)21-9-10-22-20-8-11-25-35(6,23(20)12-14-34(21,22)5)15-13-26(36(25,7)33(43)44)46-32-31(42)30(41)29(40)24(16-37)45-32/h17-19,21-22,24-32,37-42H,8-16H2,1-7H3,(H,43,44). The van der Waals surface area contributed by atoms with Gasteiger partial charge in [-0.3, -0.25) is 4.79 Å². The lowest BCUT2D eigenvalue weighted by atomic mass is 9.45. The van der Waals surface area contributed by atoms with Gasteiger partial charge in [0.15, 0.2) is 6.29 Å². The van der Waals surface area contributed by atoms with Gasteiger partial charge >= 0.3 is 5.97 Å². The van der Waals surface area contributed by atoms with Gasteiger partial charge in [-0.05, 0) is 105 Å². The van der Waals surface area contributed by atoms with E-state index in [4.69, 9.17) is 9.47 Å². The summed E-state index contributed by atoms with van der Waals surface area (Å²) in [5.74, 6) is -0.306. The van der Waals surface area contributed by atoms with Crippen molar-refractivity contribution in [3.63, 3.8) is 0 Å². The number of aliphatic carboxylic acids is 1. The highest BCUT2D eigenvalue weighted by atomic mass is 16.7. The van der Waals surface area contributed by atoms with Crippen LogP contribution in [0.2, 0.25) is 0 Å². The molecular weight excluding hydrogens is 592 g/mol. The average Bonchev–Trinajstić information content (AvgIpc) is 3.37. The van der Waals surface area contributed by atoms with Crippen molar-refractivity contribution in [2.75, 3.05) is 6.61 Å². The van der Waals surface area contributed by atoms with Gasteiger partial charge in [0, 0.05) is 0 Å². The monoisotopic (exact) mass is 652 g/mol. The second kappa shape index (κ2) is 13.0. The Morgan fingerprint density at radius 2 is 1.59 bits per heavy atom. The fourth-order valence-corrected chi connectivity index (χ4v) is 11.0. The molecule has 0 spiro atoms. The summed E-state index contributed by atoms with van der Waals surface area (Å²) in [5, 5.41) is 74.0. The van der Waals surface area contributed by atoms with Crippen LogP contribution in [0.3, 0.4) is 0 Å². The van der Waals surface area contributed by atoms with Crippen LogP contribution in [0.1, 0.15) is 99.8 Å². The van der Waals surface area contributed by atoms with E-state index in [9.17, 15) is 40.5 Å². The van der Waals surface area contributed by atoms with E-state index in [0.29, 0.717) is 25.2 Å². The fraction of sp³-hybridized carbons (Fsp3) is 0.917. The smallest absolute Gasteiger partial charge is 0.312 e. The third kappa shape index (κ3) is 5.51. The Labute approximate surface area is 274 Å². The molecule has 10 nitrogen and oxygen atoms in total. The van der Waals surface area contributed by atoms with Crippen molar-refractivity contribution in [3.8, 4) is 0 Å². The van der Waals surface area contributed by atoms with Gasteiger partial charge in [-0.15, -0.1) is 0 Å². The molecule has 0 aromatic heterocycles. The van der Waals surface area contributed by atoms with Crippen LogP contribution in [-0.4, -0.2) is 97.3 Å². The molecule has 0 amide bonds. The molecule has 16 atom stereocenters. The molecule has 7 N–H and O–H groups in total. The van der Waals surface area contributed by atoms with Gasteiger partial charge in [-0.25, -0.2) is 0 Å². The summed E-state index contributed by atoms with van der Waals surface area (Å²) in [6, 6.07) is 0. The Kier molecular flexibility index (Phi) is 10.2. The number of ether oxygens (including phenoxy) is 2. The number of aliphatic hydroxyl groups excluding tert-OH is 6. The number of hydrogen-bond acceptors (Lipinski definition) is 9. The van der Waals surface area contributed by atoms with E-state index in [2.05, 4.69) is 34.6 Å². The van der Waals surface area contributed by atoms with Crippen molar-refractivity contribution >= 4 is 5.97 Å². The number of fused-ring (bicyclic) bond motifs is 4. The first-order valence-corrected chi connectivity index (χ1v) is 17.7. The van der Waals surface area contributed by atoms with Gasteiger partial charge in [0.1, 0.15) is 24.4 Å². The molecule has 0 bridgehead atoms. The zero-order valence-corrected chi connectivity index (χ0v) is 28.8. The third-order valence-corrected chi connectivity index (χ3v) is 14.3. The molecule has 264 valence electrons. The van der Waals surface area contributed by atoms with Gasteiger partial charge in [0.05, 0.1) is 30.3 Å². The van der Waals surface area contributed by atoms with Crippen molar-refractivity contribution < 1.29 is 50.0 Å². The number of carbonyl (C=O) groups is 1. The average molecular weight is 653 g/mol. The normalized spacial score (nSPS) is 47.0. The molecule has 5 rings (SSSR count). The summed E-state index contributed by atoms with van der Waals surface area (Å²) in [6.45, 7) is 14.0. The van der Waals surface area contributed by atoms with Crippen LogP contribution in [0.4, 0.5) is 0 Å². The lowest BCUT2D eigenvalue weighted by Gasteiger charge is -2.60. The minimum absolute atomic E-state index is 0.00158. The SMILES string of the molecule is CC(C)C(C)C(O)C(O)C(C)C1CCC2C3=C(CCC21C)C1(C)CCC(OC2OC(CO)C(O)C(O)C2O)C(C)(C(=O)O)C1CC3. The molecule has 1 aliphatic heterocycles. The maximum atomic E-state index is 13.2. The number of rotatable bonds is 9. The molecule has 1 heterocycles. The van der Waals surface area contributed by atoms with Crippen LogP contribution in [0.25, 0.3) is 0 Å². The maximum absolute atomic E-state index is 13.2. The fourth-order valence-electron chi connectivity index (χ4n) is 11.0. The van der Waals surface area contributed by atoms with Crippen LogP contribution in [-0.2, 0) is 14.3 Å². The molecule has 1 saturated heterocycles. The molecule has 10 heteroatoms. The first kappa shape index (κ1) is 36.2. The lowest BCUT2D eigenvalue weighted by molar-refractivity contribution is -0.325. The molecule has 2 saturated carbocycles. The Balaban J connectivity index is 1.39. The van der Waals surface area contributed by atoms with Crippen LogP contribution < -0.4 is 0 Å². The van der Waals surface area contributed by atoms with E-state index >= 15 is 0 Å². The first-order valence-electron chi connectivity index (χ1n) is 17.7. The van der Waals surface area contributed by atoms with E-state index in [0.717, 1.165) is 32.1 Å². The van der Waals surface area contributed by atoms with Gasteiger partial charge in [0.25, 0.3) is 0 Å². The van der Waals surface area contributed by atoms with Gasteiger partial charge in [0.2, 0.25) is 0 Å². The Morgan fingerprint density at radius 3 is 2.20 bits per heavy atom. The highest BCUT2D eigenvalue weighted by Crippen LogP contribution is 2.68. The summed E-state index contributed by atoms with van der Waals surface area (Å²) < 4.78 is 11.8. The van der Waals surface area contributed by atoms with E-state index in [1.165, 1.54) is 11.1 Å². The van der Waals surface area contributed by atoms with Crippen LogP contribution in [0.5, 0.6) is 0 Å². The van der Waals surface area contributed by atoms with E-state index < -0.39 is 67.0 Å². The molecule has 0 radical (unpaired) electrons. The van der Waals surface area contributed by atoms with Crippen LogP contribution in [0, 0.1) is 51.8 Å². The number of carboxylic acid groups (broad SMARTS) is 1. The quantitative estimate of drug-likeness (QED) is 0.183. The van der Waals surface area contributed by atoms with Crippen molar-refractivity contribution in [1.29, 1.82) is 0 Å². The highest BCUT2D eigenvalue weighted by molar-refractivity contribution is 5.76. The minimum atomic E-state index is -1.60. The van der Waals surface area contributed by atoms with Gasteiger partial charge in [-0.1, -0.05) is 52.7 Å². The van der Waals surface area contributed by atoms with Crippen molar-refractivity contribution in [2.45, 2.75) is 149 Å². The Hall–Kier alpha value is -1.11. The molecular formula is C36H60O10. The van der Waals surface area contributed by atoms with Gasteiger partial charge < -0.3 is 45.2 Å². The number of carboxylic acids is 1. The van der Waals surface area contributed by atoms with Crippen molar-refractivity contribution in [2.24, 2.45) is 51.8 Å². The van der Waals surface area contributed by atoms with Crippen LogP contribution in [0.15, 0.2) is 11.1 Å². The van der Waals surface area contributed by atoms with E-state index in [1.807, 2.05) is 6.92 Å². The van der Waals surface area contributed by atoms with Crippen molar-refractivity contribution in [1.82, 2.24) is 0 Å². The van der Waals surface area contributed by atoms with Crippen molar-refractivity contribution in [3.05, 3.63) is 11.1 Å². The number of allylic oxidation sites excluding steroid dienone is 2. The molecule has 5 aliphatic rings. The van der Waals surface area contributed by atoms with E-state index in [1.54, 1.807) is 6.92 Å². The molecule has 4 aliphatic carbocycles. The molecule has 46 heavy (non-hydrogen) atoms. The Morgan fingerprint density at radius 1 is 0.913 bits per heavy atom. The molecule has 3 fully saturated rings. The summed E-state index contributed by atoms with van der Waals surface area (Å²) in [4.78, 5) is 13.2. The molecule has 0 aromatic carbocycles.